The molecule has 0 saturated heterocycles. The molecule has 1 N–H and O–H groups in total. The second kappa shape index (κ2) is 14.4. The summed E-state index contributed by atoms with van der Waals surface area (Å²) in [5.74, 6) is 1.01. The molecule has 0 bridgehead atoms. The van der Waals surface area contributed by atoms with Crippen LogP contribution in [-0.4, -0.2) is 21.4 Å². The van der Waals surface area contributed by atoms with E-state index >= 15 is 0 Å². The first-order valence-electron chi connectivity index (χ1n) is 16.6. The first kappa shape index (κ1) is 33.4. The van der Waals surface area contributed by atoms with Crippen LogP contribution in [0.15, 0.2) is 157 Å². The third-order valence-corrected chi connectivity index (χ3v) is 10.2. The van der Waals surface area contributed by atoms with Crippen molar-refractivity contribution in [1.29, 1.82) is 0 Å². The third kappa shape index (κ3) is 7.29. The van der Waals surface area contributed by atoms with Gasteiger partial charge in [0.25, 0.3) is 15.9 Å². The number of carbonyl (C=O) groups is 1. The first-order chi connectivity index (χ1) is 24.8. The Kier molecular flexibility index (Phi) is 9.46. The van der Waals surface area contributed by atoms with Crippen molar-refractivity contribution in [2.75, 3.05) is 21.6 Å². The molecule has 6 aromatic rings. The maximum absolute atomic E-state index is 14.8. The molecule has 7 rings (SSSR count). The van der Waals surface area contributed by atoms with Gasteiger partial charge in [-0.15, -0.1) is 0 Å². The number of nitrogens with zero attached hydrogens (tertiary/aromatic N) is 2. The minimum Gasteiger partial charge on any atom is -0.497 e. The second-order valence-electron chi connectivity index (χ2n) is 12.4. The van der Waals surface area contributed by atoms with Crippen molar-refractivity contribution in [3.63, 3.8) is 0 Å². The quantitative estimate of drug-likeness (QED) is 0.146. The summed E-state index contributed by atoms with van der Waals surface area (Å²) in [6, 6.07) is 47.0. The number of fused-ring (bicyclic) bond motifs is 1. The van der Waals surface area contributed by atoms with Gasteiger partial charge in [0.1, 0.15) is 24.3 Å². The highest BCUT2D eigenvalue weighted by Gasteiger charge is 2.40. The molecule has 6 aromatic carbocycles. The van der Waals surface area contributed by atoms with E-state index in [0.29, 0.717) is 41.7 Å². The van der Waals surface area contributed by atoms with Crippen molar-refractivity contribution in [1.82, 2.24) is 0 Å². The molecule has 0 radical (unpaired) electrons. The predicted molar refractivity (Wildman–Crippen MR) is 201 cm³/mol. The summed E-state index contributed by atoms with van der Waals surface area (Å²) < 4.78 is 41.3. The zero-order chi connectivity index (χ0) is 35.4. The zero-order valence-corrected chi connectivity index (χ0v) is 29.1. The number of hydrogen-bond donors (Lipinski definition) is 1. The van der Waals surface area contributed by atoms with Gasteiger partial charge in [-0.1, -0.05) is 90.5 Å². The number of sulfonamides is 1. The summed E-state index contributed by atoms with van der Waals surface area (Å²) in [5.41, 5.74) is 6.00. The molecule has 1 atom stereocenters. The molecule has 1 aliphatic heterocycles. The molecule has 0 saturated carbocycles. The van der Waals surface area contributed by atoms with Gasteiger partial charge in [0.15, 0.2) is 0 Å². The van der Waals surface area contributed by atoms with Gasteiger partial charge in [-0.3, -0.25) is 14.4 Å². The molecule has 0 aliphatic carbocycles. The van der Waals surface area contributed by atoms with Gasteiger partial charge in [-0.25, -0.2) is 8.42 Å². The van der Waals surface area contributed by atoms with E-state index in [0.717, 1.165) is 22.3 Å². The summed E-state index contributed by atoms with van der Waals surface area (Å²) in [4.78, 5) is 18.6. The van der Waals surface area contributed by atoms with Crippen LogP contribution in [0.3, 0.4) is 0 Å². The fraction of sp³-hybridized carbons (Fsp3) is 0.119. The monoisotopic (exact) mass is 695 g/mol. The number of nitrogens with one attached hydrogen (secondary N) is 1. The van der Waals surface area contributed by atoms with E-state index in [1.807, 2.05) is 116 Å². The summed E-state index contributed by atoms with van der Waals surface area (Å²) in [7, 11) is -2.50. The van der Waals surface area contributed by atoms with Crippen LogP contribution in [0.1, 0.15) is 38.8 Å². The van der Waals surface area contributed by atoms with Crippen molar-refractivity contribution in [2.24, 2.45) is 0 Å². The van der Waals surface area contributed by atoms with Crippen molar-refractivity contribution in [3.8, 4) is 11.5 Å². The fourth-order valence-electron chi connectivity index (χ4n) is 6.21. The van der Waals surface area contributed by atoms with Crippen LogP contribution < -0.4 is 24.0 Å². The molecular formula is C42H37N3O5S. The number of anilines is 3. The second-order valence-corrected chi connectivity index (χ2v) is 14.0. The van der Waals surface area contributed by atoms with E-state index in [-0.39, 0.29) is 16.4 Å². The molecule has 0 fully saturated rings. The molecule has 0 spiro atoms. The van der Waals surface area contributed by atoms with Gasteiger partial charge in [-0.05, 0) is 90.3 Å². The van der Waals surface area contributed by atoms with Gasteiger partial charge in [0.2, 0.25) is 0 Å². The van der Waals surface area contributed by atoms with E-state index in [2.05, 4.69) is 9.62 Å². The maximum atomic E-state index is 14.8. The van der Waals surface area contributed by atoms with Crippen molar-refractivity contribution < 1.29 is 22.7 Å². The number of ether oxygens (including phenoxy) is 2. The normalized spacial score (nSPS) is 14.2. The number of carbonyl (C=O) groups excluding carboxylic acids is 1. The van der Waals surface area contributed by atoms with Crippen LogP contribution in [0.25, 0.3) is 0 Å². The van der Waals surface area contributed by atoms with Crippen LogP contribution in [0.2, 0.25) is 0 Å². The average Bonchev–Trinajstić information content (AvgIpc) is 3.16. The van der Waals surface area contributed by atoms with Crippen LogP contribution in [-0.2, 0) is 23.2 Å². The van der Waals surface area contributed by atoms with E-state index in [1.54, 1.807) is 48.4 Å². The molecule has 0 aromatic heterocycles. The Balaban J connectivity index is 1.31. The number of methoxy groups -OCH3 is 1. The smallest absolute Gasteiger partial charge is 0.262 e. The Labute approximate surface area is 298 Å². The molecule has 256 valence electrons. The number of benzene rings is 6. The minimum absolute atomic E-state index is 0.0210. The van der Waals surface area contributed by atoms with Crippen molar-refractivity contribution in [2.45, 2.75) is 31.1 Å². The SMILES string of the molecule is COc1ccc(NS(=O)(=O)c2ccc3c(c2)C(=O)N(c2ccc(C)cc2)[C@H](c2ccc(OCc4ccccc4)cc2)N3Cc2ccccc2)cc1. The molecule has 0 unspecified atom stereocenters. The average molecular weight is 696 g/mol. The third-order valence-electron chi connectivity index (χ3n) is 8.85. The Morgan fingerprint density at radius 1 is 0.706 bits per heavy atom. The number of rotatable bonds is 11. The van der Waals surface area contributed by atoms with Crippen LogP contribution in [0.4, 0.5) is 17.1 Å². The Hall–Kier alpha value is -6.06. The van der Waals surface area contributed by atoms with Gasteiger partial charge < -0.3 is 14.4 Å². The van der Waals surface area contributed by atoms with Crippen LogP contribution in [0.5, 0.6) is 11.5 Å². The highest BCUT2D eigenvalue weighted by Crippen LogP contribution is 2.43. The van der Waals surface area contributed by atoms with E-state index in [9.17, 15) is 13.2 Å². The molecule has 1 aliphatic rings. The lowest BCUT2D eigenvalue weighted by Crippen LogP contribution is -2.49. The summed E-state index contributed by atoms with van der Waals surface area (Å²) in [6.07, 6.45) is -0.559. The van der Waals surface area contributed by atoms with Crippen LogP contribution >= 0.6 is 0 Å². The van der Waals surface area contributed by atoms with Crippen molar-refractivity contribution >= 4 is 33.0 Å². The van der Waals surface area contributed by atoms with E-state index < -0.39 is 16.2 Å². The molecule has 9 heteroatoms. The highest BCUT2D eigenvalue weighted by molar-refractivity contribution is 7.92. The lowest BCUT2D eigenvalue weighted by Gasteiger charge is -2.46. The summed E-state index contributed by atoms with van der Waals surface area (Å²) in [6.45, 7) is 2.89. The van der Waals surface area contributed by atoms with Crippen LogP contribution in [0, 0.1) is 6.92 Å². The Bertz CT molecular complexity index is 2230. The number of aryl methyl sites for hydroxylation is 1. The zero-order valence-electron chi connectivity index (χ0n) is 28.3. The predicted octanol–water partition coefficient (Wildman–Crippen LogP) is 8.75. The maximum Gasteiger partial charge on any atom is 0.262 e. The van der Waals surface area contributed by atoms with Gasteiger partial charge in [-0.2, -0.15) is 0 Å². The fourth-order valence-corrected chi connectivity index (χ4v) is 7.30. The lowest BCUT2D eigenvalue weighted by atomic mass is 9.98. The number of amides is 1. The van der Waals surface area contributed by atoms with Gasteiger partial charge in [0.05, 0.1) is 23.3 Å². The molecule has 51 heavy (non-hydrogen) atoms. The molecule has 1 heterocycles. The van der Waals surface area contributed by atoms with Gasteiger partial charge >= 0.3 is 0 Å². The minimum atomic E-state index is -4.04. The van der Waals surface area contributed by atoms with Crippen molar-refractivity contribution in [3.05, 3.63) is 179 Å². The largest absolute Gasteiger partial charge is 0.497 e. The topological polar surface area (TPSA) is 88.2 Å². The highest BCUT2D eigenvalue weighted by atomic mass is 32.2. The lowest BCUT2D eigenvalue weighted by molar-refractivity contribution is 0.0968. The molecule has 8 nitrogen and oxygen atoms in total. The van der Waals surface area contributed by atoms with Gasteiger partial charge in [0, 0.05) is 17.9 Å². The standard InChI is InChI=1S/C42H37N3O5S/c1-30-13-19-35(20-14-30)45-41(33-15-21-37(22-16-33)50-29-32-11-7-4-8-12-32)44(28-31-9-5-3-6-10-31)40-26-25-38(27-39(40)42(45)46)51(47,48)43-34-17-23-36(49-2)24-18-34/h3-27,41,43H,28-29H2,1-2H3/t41-/m1/s1. The number of hydrogen-bond acceptors (Lipinski definition) is 6. The molecular weight excluding hydrogens is 659 g/mol. The Morgan fingerprint density at radius 2 is 1.33 bits per heavy atom. The summed E-state index contributed by atoms with van der Waals surface area (Å²) >= 11 is 0. The first-order valence-corrected chi connectivity index (χ1v) is 18.1. The van der Waals surface area contributed by atoms with E-state index in [4.69, 9.17) is 9.47 Å². The van der Waals surface area contributed by atoms with E-state index in [1.165, 1.54) is 6.07 Å². The molecule has 1 amide bonds. The Morgan fingerprint density at radius 3 is 1.98 bits per heavy atom. The summed E-state index contributed by atoms with van der Waals surface area (Å²) in [5, 5.41) is 0.